The third kappa shape index (κ3) is 5.62. The highest BCUT2D eigenvalue weighted by molar-refractivity contribution is 7.99. The summed E-state index contributed by atoms with van der Waals surface area (Å²) in [7, 11) is 0. The summed E-state index contributed by atoms with van der Waals surface area (Å²) in [6, 6.07) is 8.96. The van der Waals surface area contributed by atoms with Gasteiger partial charge in [-0.3, -0.25) is 9.36 Å². The van der Waals surface area contributed by atoms with Crippen molar-refractivity contribution >= 4 is 23.6 Å². The first kappa shape index (κ1) is 22.2. The van der Waals surface area contributed by atoms with Gasteiger partial charge in [0.25, 0.3) is 0 Å². The quantitative estimate of drug-likeness (QED) is 0.529. The number of carbonyl (C=O) groups excluding carboxylic acids is 1. The second kappa shape index (κ2) is 10.1. The Labute approximate surface area is 190 Å². The molecule has 1 aromatic carbocycles. The van der Waals surface area contributed by atoms with Crippen molar-refractivity contribution in [1.82, 2.24) is 19.7 Å². The molecule has 7 heteroatoms. The Bertz CT molecular complexity index is 869. The maximum Gasteiger partial charge on any atom is 0.233 e. The Morgan fingerprint density at radius 2 is 1.84 bits per heavy atom. The predicted molar refractivity (Wildman–Crippen MR) is 127 cm³/mol. The van der Waals surface area contributed by atoms with E-state index in [1.807, 2.05) is 4.90 Å². The van der Waals surface area contributed by atoms with Gasteiger partial charge in [0.2, 0.25) is 11.9 Å². The van der Waals surface area contributed by atoms with Gasteiger partial charge in [0.15, 0.2) is 5.16 Å². The summed E-state index contributed by atoms with van der Waals surface area (Å²) in [6.07, 6.45) is 5.75. The van der Waals surface area contributed by atoms with Crippen LogP contribution in [0.15, 0.2) is 29.4 Å². The van der Waals surface area contributed by atoms with Gasteiger partial charge in [0.1, 0.15) is 0 Å². The fourth-order valence-corrected chi connectivity index (χ4v) is 5.04. The first-order chi connectivity index (χ1) is 15.0. The minimum atomic E-state index is 0.172. The standard InChI is InChI=1S/C24H35N5OS/c1-4-13-28(16-20-7-5-18(2)6-8-20)22(30)17-31-24-26-25-23(29(24)21-9-10-21)27-14-11-19(3)12-15-27/h5-8,19,21H,4,9-17H2,1-3H3. The van der Waals surface area contributed by atoms with Crippen molar-refractivity contribution in [3.8, 4) is 0 Å². The molecular weight excluding hydrogens is 406 g/mol. The average Bonchev–Trinajstić information content (AvgIpc) is 3.53. The molecule has 0 atom stereocenters. The zero-order chi connectivity index (χ0) is 21.8. The van der Waals surface area contributed by atoms with Crippen LogP contribution in [-0.2, 0) is 11.3 Å². The van der Waals surface area contributed by atoms with Crippen LogP contribution in [0.2, 0.25) is 0 Å². The minimum absolute atomic E-state index is 0.172. The van der Waals surface area contributed by atoms with Gasteiger partial charge >= 0.3 is 0 Å². The SMILES string of the molecule is CCCN(Cc1ccc(C)cc1)C(=O)CSc1nnc(N2CCC(C)CC2)n1C1CC1. The summed E-state index contributed by atoms with van der Waals surface area (Å²) in [5.74, 6) is 2.38. The van der Waals surface area contributed by atoms with Crippen molar-refractivity contribution < 1.29 is 4.79 Å². The van der Waals surface area contributed by atoms with E-state index in [1.54, 1.807) is 11.8 Å². The molecule has 168 valence electrons. The number of carbonyl (C=O) groups is 1. The Hall–Kier alpha value is -2.02. The van der Waals surface area contributed by atoms with Gasteiger partial charge in [0, 0.05) is 32.2 Å². The number of hydrogen-bond donors (Lipinski definition) is 0. The number of thioether (sulfide) groups is 1. The fraction of sp³-hybridized carbons (Fsp3) is 0.625. The molecule has 6 nitrogen and oxygen atoms in total. The van der Waals surface area contributed by atoms with Crippen molar-refractivity contribution in [2.24, 2.45) is 5.92 Å². The molecule has 4 rings (SSSR count). The minimum Gasteiger partial charge on any atom is -0.341 e. The lowest BCUT2D eigenvalue weighted by Crippen LogP contribution is -2.35. The van der Waals surface area contributed by atoms with E-state index >= 15 is 0 Å². The van der Waals surface area contributed by atoms with Crippen LogP contribution < -0.4 is 4.90 Å². The van der Waals surface area contributed by atoms with Crippen molar-refractivity contribution in [3.05, 3.63) is 35.4 Å². The molecule has 0 bridgehead atoms. The highest BCUT2D eigenvalue weighted by Gasteiger charge is 2.32. The van der Waals surface area contributed by atoms with E-state index in [1.165, 1.54) is 36.8 Å². The van der Waals surface area contributed by atoms with Crippen LogP contribution >= 0.6 is 11.8 Å². The molecule has 0 N–H and O–H groups in total. The van der Waals surface area contributed by atoms with Crippen molar-refractivity contribution in [2.45, 2.75) is 70.6 Å². The Morgan fingerprint density at radius 3 is 2.48 bits per heavy atom. The summed E-state index contributed by atoms with van der Waals surface area (Å²) < 4.78 is 2.30. The summed E-state index contributed by atoms with van der Waals surface area (Å²) in [5.41, 5.74) is 2.42. The van der Waals surface area contributed by atoms with Crippen LogP contribution in [0.4, 0.5) is 5.95 Å². The zero-order valence-electron chi connectivity index (χ0n) is 19.1. The number of hydrogen-bond acceptors (Lipinski definition) is 5. The predicted octanol–water partition coefficient (Wildman–Crippen LogP) is 4.69. The smallest absolute Gasteiger partial charge is 0.233 e. The molecule has 2 fully saturated rings. The van der Waals surface area contributed by atoms with E-state index in [0.717, 1.165) is 43.1 Å². The fourth-order valence-electron chi connectivity index (χ4n) is 4.14. The second-order valence-electron chi connectivity index (χ2n) is 9.14. The number of benzene rings is 1. The second-order valence-corrected chi connectivity index (χ2v) is 10.1. The van der Waals surface area contributed by atoms with Gasteiger partial charge in [-0.2, -0.15) is 0 Å². The summed E-state index contributed by atoms with van der Waals surface area (Å²) >= 11 is 1.55. The molecule has 1 saturated carbocycles. The molecule has 0 unspecified atom stereocenters. The van der Waals surface area contributed by atoms with Crippen LogP contribution in [-0.4, -0.2) is 51.0 Å². The largest absolute Gasteiger partial charge is 0.341 e. The van der Waals surface area contributed by atoms with E-state index in [-0.39, 0.29) is 5.91 Å². The highest BCUT2D eigenvalue weighted by atomic mass is 32.2. The van der Waals surface area contributed by atoms with E-state index < -0.39 is 0 Å². The topological polar surface area (TPSA) is 54.3 Å². The molecule has 0 spiro atoms. The number of piperidine rings is 1. The molecule has 0 radical (unpaired) electrons. The molecule has 1 saturated heterocycles. The summed E-state index contributed by atoms with van der Waals surface area (Å²) in [6.45, 7) is 10.1. The lowest BCUT2D eigenvalue weighted by molar-refractivity contribution is -0.129. The van der Waals surface area contributed by atoms with Crippen molar-refractivity contribution in [2.75, 3.05) is 30.3 Å². The molecular formula is C24H35N5OS. The van der Waals surface area contributed by atoms with Crippen LogP contribution in [0, 0.1) is 12.8 Å². The van der Waals surface area contributed by atoms with Gasteiger partial charge < -0.3 is 9.80 Å². The summed E-state index contributed by atoms with van der Waals surface area (Å²) in [5, 5.41) is 9.96. The molecule has 1 aliphatic heterocycles. The van der Waals surface area contributed by atoms with Crippen LogP contribution in [0.5, 0.6) is 0 Å². The van der Waals surface area contributed by atoms with Crippen LogP contribution in [0.25, 0.3) is 0 Å². The molecule has 1 amide bonds. The Balaban J connectivity index is 1.41. The monoisotopic (exact) mass is 441 g/mol. The van der Waals surface area contributed by atoms with E-state index in [9.17, 15) is 4.79 Å². The average molecular weight is 442 g/mol. The number of rotatable bonds is 9. The first-order valence-corrected chi connectivity index (χ1v) is 12.7. The number of nitrogens with zero attached hydrogens (tertiary/aromatic N) is 5. The molecule has 2 heterocycles. The molecule has 1 aliphatic carbocycles. The van der Waals surface area contributed by atoms with Crippen LogP contribution in [0.1, 0.15) is 63.1 Å². The Morgan fingerprint density at radius 1 is 1.13 bits per heavy atom. The van der Waals surface area contributed by atoms with Crippen LogP contribution in [0.3, 0.4) is 0 Å². The van der Waals surface area contributed by atoms with Crippen molar-refractivity contribution in [1.29, 1.82) is 0 Å². The number of amides is 1. The normalized spacial score (nSPS) is 17.2. The Kier molecular flexibility index (Phi) is 7.20. The number of anilines is 1. The lowest BCUT2D eigenvalue weighted by Gasteiger charge is -2.31. The maximum absolute atomic E-state index is 13.1. The van der Waals surface area contributed by atoms with Gasteiger partial charge in [0.05, 0.1) is 5.75 Å². The zero-order valence-corrected chi connectivity index (χ0v) is 19.9. The molecule has 31 heavy (non-hydrogen) atoms. The van der Waals surface area contributed by atoms with Gasteiger partial charge in [-0.1, -0.05) is 55.4 Å². The number of aromatic nitrogens is 3. The maximum atomic E-state index is 13.1. The first-order valence-electron chi connectivity index (χ1n) is 11.7. The molecule has 1 aromatic heterocycles. The number of aryl methyl sites for hydroxylation is 1. The van der Waals surface area contributed by atoms with Gasteiger partial charge in [-0.25, -0.2) is 0 Å². The van der Waals surface area contributed by atoms with Crippen molar-refractivity contribution in [3.63, 3.8) is 0 Å². The van der Waals surface area contributed by atoms with Gasteiger partial charge in [-0.15, -0.1) is 10.2 Å². The van der Waals surface area contributed by atoms with E-state index in [0.29, 0.717) is 18.3 Å². The third-order valence-electron chi connectivity index (χ3n) is 6.29. The van der Waals surface area contributed by atoms with Gasteiger partial charge in [-0.05, 0) is 50.5 Å². The lowest BCUT2D eigenvalue weighted by atomic mass is 10.00. The molecule has 2 aliphatic rings. The molecule has 2 aromatic rings. The summed E-state index contributed by atoms with van der Waals surface area (Å²) in [4.78, 5) is 17.4. The third-order valence-corrected chi connectivity index (χ3v) is 7.22. The van der Waals surface area contributed by atoms with E-state index in [4.69, 9.17) is 0 Å². The highest BCUT2D eigenvalue weighted by Crippen LogP contribution is 2.41. The van der Waals surface area contributed by atoms with E-state index in [2.05, 4.69) is 64.7 Å².